The summed E-state index contributed by atoms with van der Waals surface area (Å²) in [6.07, 6.45) is 2.50. The highest BCUT2D eigenvalue weighted by Gasteiger charge is 2.27. The zero-order valence-electron chi connectivity index (χ0n) is 13.4. The fourth-order valence-electron chi connectivity index (χ4n) is 2.15. The molecule has 3 rings (SSSR count). The molecule has 1 aliphatic heterocycles. The Morgan fingerprint density at radius 3 is 2.48 bits per heavy atom. The number of nitrogens with zero attached hydrogens (tertiary/aromatic N) is 2. The van der Waals surface area contributed by atoms with Gasteiger partial charge in [0.25, 0.3) is 5.91 Å². The molecule has 0 radical (unpaired) electrons. The molecular formula is C17H19N3O3. The SMILES string of the molecule is CC(C)(C)c1ncc(NC(=O)[C@H]2COc3ccccc3O2)cn1. The number of nitrogens with one attached hydrogen (secondary N) is 1. The minimum atomic E-state index is -0.702. The lowest BCUT2D eigenvalue weighted by Crippen LogP contribution is -2.40. The third kappa shape index (κ3) is 3.41. The first-order valence-electron chi connectivity index (χ1n) is 7.45. The van der Waals surface area contributed by atoms with Crippen molar-refractivity contribution in [3.63, 3.8) is 0 Å². The predicted octanol–water partition coefficient (Wildman–Crippen LogP) is 2.55. The smallest absolute Gasteiger partial charge is 0.269 e. The second-order valence-corrected chi connectivity index (χ2v) is 6.40. The van der Waals surface area contributed by atoms with Gasteiger partial charge in [-0.1, -0.05) is 32.9 Å². The molecule has 1 aromatic carbocycles. The molecule has 0 spiro atoms. The van der Waals surface area contributed by atoms with Crippen molar-refractivity contribution in [2.45, 2.75) is 32.3 Å². The normalized spacial score (nSPS) is 16.7. The van der Waals surface area contributed by atoms with Crippen molar-refractivity contribution in [1.82, 2.24) is 9.97 Å². The number of amides is 1. The zero-order chi connectivity index (χ0) is 16.4. The third-order valence-corrected chi connectivity index (χ3v) is 3.39. The molecule has 1 atom stereocenters. The van der Waals surface area contributed by atoms with Crippen LogP contribution in [0, 0.1) is 0 Å². The van der Waals surface area contributed by atoms with Gasteiger partial charge in [0.05, 0.1) is 18.1 Å². The molecule has 0 aliphatic carbocycles. The quantitative estimate of drug-likeness (QED) is 0.922. The monoisotopic (exact) mass is 313 g/mol. The van der Waals surface area contributed by atoms with E-state index in [1.165, 1.54) is 0 Å². The summed E-state index contributed by atoms with van der Waals surface area (Å²) in [6, 6.07) is 7.27. The summed E-state index contributed by atoms with van der Waals surface area (Å²) in [5.41, 5.74) is 0.400. The van der Waals surface area contributed by atoms with Gasteiger partial charge >= 0.3 is 0 Å². The second kappa shape index (κ2) is 5.87. The molecule has 0 fully saturated rings. The molecule has 0 unspecified atom stereocenters. The number of carbonyl (C=O) groups is 1. The molecule has 2 aromatic rings. The van der Waals surface area contributed by atoms with Gasteiger partial charge in [-0.25, -0.2) is 9.97 Å². The Kier molecular flexibility index (Phi) is 3.90. The summed E-state index contributed by atoms with van der Waals surface area (Å²) in [5, 5.41) is 2.75. The Bertz CT molecular complexity index is 708. The lowest BCUT2D eigenvalue weighted by molar-refractivity contribution is -0.125. The van der Waals surface area contributed by atoms with Crippen molar-refractivity contribution >= 4 is 11.6 Å². The molecule has 1 aliphatic rings. The van der Waals surface area contributed by atoms with Gasteiger partial charge in [0, 0.05) is 5.41 Å². The van der Waals surface area contributed by atoms with Crippen LogP contribution in [0.3, 0.4) is 0 Å². The van der Waals surface area contributed by atoms with Crippen LogP contribution in [0.1, 0.15) is 26.6 Å². The molecule has 1 aromatic heterocycles. The molecule has 0 bridgehead atoms. The minimum absolute atomic E-state index is 0.132. The van der Waals surface area contributed by atoms with Crippen molar-refractivity contribution in [2.75, 3.05) is 11.9 Å². The standard InChI is InChI=1S/C17H19N3O3/c1-17(2,3)16-18-8-11(9-19-16)20-15(21)14-10-22-12-6-4-5-7-13(12)23-14/h4-9,14H,10H2,1-3H3,(H,20,21)/t14-/m1/s1. The van der Waals surface area contributed by atoms with Crippen LogP contribution in [0.15, 0.2) is 36.7 Å². The zero-order valence-corrected chi connectivity index (χ0v) is 13.4. The summed E-state index contributed by atoms with van der Waals surface area (Å²) in [4.78, 5) is 20.9. The highest BCUT2D eigenvalue weighted by Crippen LogP contribution is 2.31. The van der Waals surface area contributed by atoms with Gasteiger partial charge in [-0.2, -0.15) is 0 Å². The Morgan fingerprint density at radius 1 is 1.17 bits per heavy atom. The van der Waals surface area contributed by atoms with Gasteiger partial charge in [-0.15, -0.1) is 0 Å². The van der Waals surface area contributed by atoms with Crippen LogP contribution in [-0.4, -0.2) is 28.6 Å². The lowest BCUT2D eigenvalue weighted by Gasteiger charge is -2.25. The number of aromatic nitrogens is 2. The number of hydrogen-bond acceptors (Lipinski definition) is 5. The third-order valence-electron chi connectivity index (χ3n) is 3.39. The van der Waals surface area contributed by atoms with Crippen molar-refractivity contribution in [3.8, 4) is 11.5 Å². The average molecular weight is 313 g/mol. The van der Waals surface area contributed by atoms with E-state index in [2.05, 4.69) is 15.3 Å². The van der Waals surface area contributed by atoms with E-state index in [1.54, 1.807) is 18.5 Å². The number of carbonyl (C=O) groups excluding carboxylic acids is 1. The minimum Gasteiger partial charge on any atom is -0.485 e. The van der Waals surface area contributed by atoms with Crippen molar-refractivity contribution in [2.24, 2.45) is 0 Å². The molecule has 0 saturated carbocycles. The Labute approximate surface area is 134 Å². The lowest BCUT2D eigenvalue weighted by atomic mass is 9.96. The number of hydrogen-bond donors (Lipinski definition) is 1. The number of fused-ring (bicyclic) bond motifs is 1. The fraction of sp³-hybridized carbons (Fsp3) is 0.353. The van der Waals surface area contributed by atoms with Crippen LogP contribution in [-0.2, 0) is 10.2 Å². The maximum absolute atomic E-state index is 12.3. The van der Waals surface area contributed by atoms with E-state index in [9.17, 15) is 4.79 Å². The van der Waals surface area contributed by atoms with Gasteiger partial charge in [-0.3, -0.25) is 4.79 Å². The Balaban J connectivity index is 1.66. The molecule has 6 nitrogen and oxygen atoms in total. The van der Waals surface area contributed by atoms with E-state index in [0.717, 1.165) is 5.82 Å². The van der Waals surface area contributed by atoms with E-state index in [-0.39, 0.29) is 17.9 Å². The Morgan fingerprint density at radius 2 is 1.83 bits per heavy atom. The number of anilines is 1. The summed E-state index contributed by atoms with van der Waals surface area (Å²) in [6.45, 7) is 6.27. The maximum Gasteiger partial charge on any atom is 0.269 e. The van der Waals surface area contributed by atoms with Crippen molar-refractivity contribution < 1.29 is 14.3 Å². The van der Waals surface area contributed by atoms with Gasteiger partial charge in [-0.05, 0) is 12.1 Å². The second-order valence-electron chi connectivity index (χ2n) is 6.40. The summed E-state index contributed by atoms with van der Waals surface area (Å²) >= 11 is 0. The molecular weight excluding hydrogens is 294 g/mol. The number of ether oxygens (including phenoxy) is 2. The van der Waals surface area contributed by atoms with Gasteiger partial charge in [0.15, 0.2) is 11.5 Å². The van der Waals surface area contributed by atoms with Crippen LogP contribution in [0.5, 0.6) is 11.5 Å². The van der Waals surface area contributed by atoms with E-state index in [0.29, 0.717) is 17.2 Å². The highest BCUT2D eigenvalue weighted by atomic mass is 16.6. The summed E-state index contributed by atoms with van der Waals surface area (Å²) in [5.74, 6) is 1.65. The number of rotatable bonds is 2. The van der Waals surface area contributed by atoms with Crippen LogP contribution in [0.2, 0.25) is 0 Å². The van der Waals surface area contributed by atoms with E-state index >= 15 is 0 Å². The van der Waals surface area contributed by atoms with Crippen molar-refractivity contribution in [3.05, 3.63) is 42.5 Å². The number of para-hydroxylation sites is 2. The van der Waals surface area contributed by atoms with E-state index in [1.807, 2.05) is 39.0 Å². The van der Waals surface area contributed by atoms with Crippen LogP contribution in [0.25, 0.3) is 0 Å². The molecule has 23 heavy (non-hydrogen) atoms. The predicted molar refractivity (Wildman–Crippen MR) is 85.7 cm³/mol. The highest BCUT2D eigenvalue weighted by molar-refractivity contribution is 5.94. The van der Waals surface area contributed by atoms with E-state index < -0.39 is 6.10 Å². The first kappa shape index (κ1) is 15.3. The number of benzene rings is 1. The molecule has 2 heterocycles. The first-order chi connectivity index (χ1) is 10.9. The summed E-state index contributed by atoms with van der Waals surface area (Å²) < 4.78 is 11.2. The first-order valence-corrected chi connectivity index (χ1v) is 7.45. The van der Waals surface area contributed by atoms with E-state index in [4.69, 9.17) is 9.47 Å². The fourth-order valence-corrected chi connectivity index (χ4v) is 2.15. The molecule has 1 N–H and O–H groups in total. The molecule has 1 amide bonds. The van der Waals surface area contributed by atoms with Crippen LogP contribution >= 0.6 is 0 Å². The van der Waals surface area contributed by atoms with Gasteiger partial charge in [0.2, 0.25) is 6.10 Å². The average Bonchev–Trinajstić information content (AvgIpc) is 2.54. The van der Waals surface area contributed by atoms with Crippen molar-refractivity contribution in [1.29, 1.82) is 0 Å². The van der Waals surface area contributed by atoms with Crippen LogP contribution < -0.4 is 14.8 Å². The van der Waals surface area contributed by atoms with Gasteiger partial charge < -0.3 is 14.8 Å². The molecule has 120 valence electrons. The largest absolute Gasteiger partial charge is 0.485 e. The van der Waals surface area contributed by atoms with Crippen LogP contribution in [0.4, 0.5) is 5.69 Å². The van der Waals surface area contributed by atoms with Gasteiger partial charge in [0.1, 0.15) is 12.4 Å². The maximum atomic E-state index is 12.3. The molecule has 0 saturated heterocycles. The summed E-state index contributed by atoms with van der Waals surface area (Å²) in [7, 11) is 0. The molecule has 6 heteroatoms. The Hall–Kier alpha value is -2.63. The topological polar surface area (TPSA) is 73.3 Å².